The SMILES string of the molecule is [C-]#[N+][C@H](c1cc(OC)ccc1OC)S(=O)(=O)c1ccc(C)cc1. The second-order valence-corrected chi connectivity index (χ2v) is 6.96. The summed E-state index contributed by atoms with van der Waals surface area (Å²) in [4.78, 5) is 3.44. The molecule has 0 amide bonds. The molecule has 0 aliphatic heterocycles. The molecule has 23 heavy (non-hydrogen) atoms. The summed E-state index contributed by atoms with van der Waals surface area (Å²) in [7, 11) is -0.954. The van der Waals surface area contributed by atoms with Gasteiger partial charge in [0.2, 0.25) is 0 Å². The van der Waals surface area contributed by atoms with Gasteiger partial charge in [-0.15, -0.1) is 0 Å². The lowest BCUT2D eigenvalue weighted by Crippen LogP contribution is -2.12. The number of hydrogen-bond donors (Lipinski definition) is 0. The van der Waals surface area contributed by atoms with Gasteiger partial charge in [0.15, 0.2) is 0 Å². The predicted octanol–water partition coefficient (Wildman–Crippen LogP) is 3.40. The summed E-state index contributed by atoms with van der Waals surface area (Å²) in [5, 5.41) is -1.39. The Labute approximate surface area is 136 Å². The fourth-order valence-corrected chi connectivity index (χ4v) is 3.63. The summed E-state index contributed by atoms with van der Waals surface area (Å²) < 4.78 is 36.0. The molecule has 6 heteroatoms. The molecule has 2 rings (SSSR count). The molecule has 0 aliphatic rings. The highest BCUT2D eigenvalue weighted by Crippen LogP contribution is 2.37. The maximum atomic E-state index is 12.8. The van der Waals surface area contributed by atoms with Gasteiger partial charge < -0.3 is 9.47 Å². The zero-order valence-corrected chi connectivity index (χ0v) is 13.9. The Bertz CT molecular complexity index is 836. The van der Waals surface area contributed by atoms with Crippen LogP contribution in [0.4, 0.5) is 0 Å². The summed E-state index contributed by atoms with van der Waals surface area (Å²) >= 11 is 0. The van der Waals surface area contributed by atoms with Crippen molar-refractivity contribution >= 4 is 9.84 Å². The summed E-state index contributed by atoms with van der Waals surface area (Å²) in [6.45, 7) is 9.26. The minimum Gasteiger partial charge on any atom is -0.497 e. The maximum absolute atomic E-state index is 12.8. The van der Waals surface area contributed by atoms with Gasteiger partial charge in [0.1, 0.15) is 11.5 Å². The van der Waals surface area contributed by atoms with Crippen molar-refractivity contribution < 1.29 is 17.9 Å². The number of sulfone groups is 1. The van der Waals surface area contributed by atoms with Crippen LogP contribution in [0.15, 0.2) is 47.4 Å². The minimum atomic E-state index is -3.87. The van der Waals surface area contributed by atoms with E-state index in [-0.39, 0.29) is 10.5 Å². The van der Waals surface area contributed by atoms with E-state index in [1.165, 1.54) is 32.4 Å². The zero-order valence-electron chi connectivity index (χ0n) is 13.1. The van der Waals surface area contributed by atoms with Crippen molar-refractivity contribution in [3.63, 3.8) is 0 Å². The summed E-state index contributed by atoms with van der Waals surface area (Å²) in [5.41, 5.74) is 1.21. The first-order valence-corrected chi connectivity index (χ1v) is 8.37. The quantitative estimate of drug-likeness (QED) is 0.788. The van der Waals surface area contributed by atoms with Crippen LogP contribution in [0.25, 0.3) is 4.85 Å². The highest BCUT2D eigenvalue weighted by atomic mass is 32.2. The van der Waals surface area contributed by atoms with Crippen LogP contribution in [-0.4, -0.2) is 22.6 Å². The molecule has 0 heterocycles. The van der Waals surface area contributed by atoms with Crippen LogP contribution in [0.5, 0.6) is 11.5 Å². The number of aryl methyl sites for hydroxylation is 1. The molecule has 0 unspecified atom stereocenters. The van der Waals surface area contributed by atoms with Crippen LogP contribution < -0.4 is 9.47 Å². The molecule has 0 spiro atoms. The molecule has 120 valence electrons. The molecule has 0 radical (unpaired) electrons. The number of hydrogen-bond acceptors (Lipinski definition) is 4. The third-order valence-electron chi connectivity index (χ3n) is 3.46. The van der Waals surface area contributed by atoms with Crippen molar-refractivity contribution in [2.75, 3.05) is 14.2 Å². The lowest BCUT2D eigenvalue weighted by molar-refractivity contribution is 0.399. The van der Waals surface area contributed by atoms with Crippen molar-refractivity contribution in [2.24, 2.45) is 0 Å². The van der Waals surface area contributed by atoms with Gasteiger partial charge in [-0.3, -0.25) is 4.85 Å². The van der Waals surface area contributed by atoms with Crippen molar-refractivity contribution in [3.05, 3.63) is 65.0 Å². The number of ether oxygens (including phenoxy) is 2. The van der Waals surface area contributed by atoms with Crippen LogP contribution in [0, 0.1) is 13.5 Å². The topological polar surface area (TPSA) is 57.0 Å². The highest BCUT2D eigenvalue weighted by molar-refractivity contribution is 7.91. The lowest BCUT2D eigenvalue weighted by Gasteiger charge is -2.13. The Kier molecular flexibility index (Phi) is 4.92. The number of nitrogens with zero attached hydrogens (tertiary/aromatic N) is 1. The van der Waals surface area contributed by atoms with E-state index in [0.717, 1.165) is 5.56 Å². The minimum absolute atomic E-state index is 0.106. The third kappa shape index (κ3) is 3.30. The van der Waals surface area contributed by atoms with E-state index < -0.39 is 15.2 Å². The predicted molar refractivity (Wildman–Crippen MR) is 87.3 cm³/mol. The largest absolute Gasteiger partial charge is 0.497 e. The summed E-state index contributed by atoms with van der Waals surface area (Å²) in [5.74, 6) is 0.802. The van der Waals surface area contributed by atoms with Crippen LogP contribution in [0.3, 0.4) is 0 Å². The molecule has 0 aliphatic carbocycles. The standard InChI is InChI=1S/C17H17NO4S/c1-12-5-8-14(9-6-12)23(19,20)17(18-2)15-11-13(21-3)7-10-16(15)22-4/h5-11,17H,1,3-4H3/t17-/m0/s1. The molecular formula is C17H17NO4S. The first kappa shape index (κ1) is 16.8. The zero-order chi connectivity index (χ0) is 17.0. The Morgan fingerprint density at radius 1 is 1.04 bits per heavy atom. The molecule has 2 aromatic carbocycles. The fourth-order valence-electron chi connectivity index (χ4n) is 2.20. The Balaban J connectivity index is 2.59. The first-order chi connectivity index (χ1) is 10.9. The van der Waals surface area contributed by atoms with Gasteiger partial charge in [0.05, 0.1) is 24.7 Å². The van der Waals surface area contributed by atoms with Gasteiger partial charge in [-0.2, -0.15) is 0 Å². The van der Waals surface area contributed by atoms with E-state index in [4.69, 9.17) is 16.0 Å². The molecule has 0 bridgehead atoms. The highest BCUT2D eigenvalue weighted by Gasteiger charge is 2.37. The van der Waals surface area contributed by atoms with E-state index in [1.807, 2.05) is 6.92 Å². The number of benzene rings is 2. The van der Waals surface area contributed by atoms with Crippen molar-refractivity contribution in [1.29, 1.82) is 0 Å². The molecular weight excluding hydrogens is 314 g/mol. The Morgan fingerprint density at radius 3 is 2.22 bits per heavy atom. The molecule has 0 saturated heterocycles. The Morgan fingerprint density at radius 2 is 1.70 bits per heavy atom. The Hall–Kier alpha value is -2.52. The monoisotopic (exact) mass is 331 g/mol. The lowest BCUT2D eigenvalue weighted by atomic mass is 10.2. The average molecular weight is 331 g/mol. The molecule has 2 aromatic rings. The van der Waals surface area contributed by atoms with Gasteiger partial charge in [-0.05, 0) is 37.3 Å². The second-order valence-electron chi connectivity index (χ2n) is 4.95. The molecule has 0 N–H and O–H groups in total. The van der Waals surface area contributed by atoms with E-state index in [0.29, 0.717) is 11.5 Å². The van der Waals surface area contributed by atoms with Crippen LogP contribution in [-0.2, 0) is 9.84 Å². The molecule has 0 aromatic heterocycles. The van der Waals surface area contributed by atoms with Gasteiger partial charge >= 0.3 is 5.37 Å². The van der Waals surface area contributed by atoms with E-state index in [2.05, 4.69) is 4.85 Å². The van der Waals surface area contributed by atoms with Crippen LogP contribution in [0.1, 0.15) is 16.5 Å². The van der Waals surface area contributed by atoms with Gasteiger partial charge in [0.25, 0.3) is 9.84 Å². The van der Waals surface area contributed by atoms with Gasteiger partial charge in [-0.1, -0.05) is 17.7 Å². The number of methoxy groups -OCH3 is 2. The van der Waals surface area contributed by atoms with Crippen LogP contribution >= 0.6 is 0 Å². The van der Waals surface area contributed by atoms with Crippen molar-refractivity contribution in [3.8, 4) is 11.5 Å². The van der Waals surface area contributed by atoms with Crippen molar-refractivity contribution in [1.82, 2.24) is 0 Å². The normalized spacial score (nSPS) is 12.3. The van der Waals surface area contributed by atoms with E-state index >= 15 is 0 Å². The smallest absolute Gasteiger partial charge is 0.353 e. The number of rotatable bonds is 5. The van der Waals surface area contributed by atoms with E-state index in [9.17, 15) is 8.42 Å². The third-order valence-corrected chi connectivity index (χ3v) is 5.34. The maximum Gasteiger partial charge on any atom is 0.353 e. The molecule has 1 atom stereocenters. The average Bonchev–Trinajstić information content (AvgIpc) is 2.55. The summed E-state index contributed by atoms with van der Waals surface area (Å²) in [6.07, 6.45) is 0. The fraction of sp³-hybridized carbons (Fsp3) is 0.235. The molecule has 0 fully saturated rings. The van der Waals surface area contributed by atoms with Crippen LogP contribution in [0.2, 0.25) is 0 Å². The van der Waals surface area contributed by atoms with Crippen molar-refractivity contribution in [2.45, 2.75) is 17.2 Å². The summed E-state index contributed by atoms with van der Waals surface area (Å²) in [6, 6.07) is 11.2. The van der Waals surface area contributed by atoms with Gasteiger partial charge in [-0.25, -0.2) is 15.0 Å². The second kappa shape index (κ2) is 6.71. The van der Waals surface area contributed by atoms with E-state index in [1.54, 1.807) is 24.3 Å². The molecule has 5 nitrogen and oxygen atoms in total. The van der Waals surface area contributed by atoms with Gasteiger partial charge in [0, 0.05) is 0 Å². The molecule has 0 saturated carbocycles. The first-order valence-electron chi connectivity index (χ1n) is 6.83.